The lowest BCUT2D eigenvalue weighted by molar-refractivity contribution is -0.137. The van der Waals surface area contributed by atoms with Crippen molar-refractivity contribution < 1.29 is 13.2 Å². The zero-order valence-electron chi connectivity index (χ0n) is 13.3. The zero-order chi connectivity index (χ0) is 17.4. The highest BCUT2D eigenvalue weighted by molar-refractivity contribution is 5.79. The Morgan fingerprint density at radius 1 is 1.08 bits per heavy atom. The van der Waals surface area contributed by atoms with E-state index < -0.39 is 11.7 Å². The average molecular weight is 347 g/mol. The first-order valence-corrected chi connectivity index (χ1v) is 8.00. The summed E-state index contributed by atoms with van der Waals surface area (Å²) in [6.07, 6.45) is -1.35. The molecule has 2 aromatic heterocycles. The highest BCUT2D eigenvalue weighted by atomic mass is 19.4. The highest BCUT2D eigenvalue weighted by Crippen LogP contribution is 2.38. The Labute approximate surface area is 142 Å². The molecule has 0 aliphatic carbocycles. The van der Waals surface area contributed by atoms with Gasteiger partial charge in [-0.15, -0.1) is 0 Å². The summed E-state index contributed by atoms with van der Waals surface area (Å²) in [6.45, 7) is 3.29. The fourth-order valence-corrected chi connectivity index (χ4v) is 3.17. The molecule has 0 amide bonds. The monoisotopic (exact) mass is 347 g/mol. The molecule has 4 rings (SSSR count). The van der Waals surface area contributed by atoms with E-state index in [2.05, 4.69) is 20.3 Å². The number of aromatic nitrogens is 3. The Kier molecular flexibility index (Phi) is 3.84. The Morgan fingerprint density at radius 2 is 1.84 bits per heavy atom. The summed E-state index contributed by atoms with van der Waals surface area (Å²) in [5.41, 5.74) is 0.676. The molecule has 0 saturated carbocycles. The third-order valence-electron chi connectivity index (χ3n) is 4.35. The number of rotatable bonds is 2. The van der Waals surface area contributed by atoms with E-state index in [0.717, 1.165) is 38.1 Å². The van der Waals surface area contributed by atoms with Crippen molar-refractivity contribution in [3.8, 4) is 11.1 Å². The number of halogens is 3. The van der Waals surface area contributed by atoms with Crippen molar-refractivity contribution in [1.29, 1.82) is 0 Å². The number of alkyl halides is 3. The smallest absolute Gasteiger partial charge is 0.352 e. The normalized spacial score (nSPS) is 15.7. The van der Waals surface area contributed by atoms with Crippen molar-refractivity contribution in [3.63, 3.8) is 0 Å². The summed E-state index contributed by atoms with van der Waals surface area (Å²) in [5, 5.41) is 7.43. The lowest BCUT2D eigenvalue weighted by atomic mass is 10.0. The van der Waals surface area contributed by atoms with Crippen LogP contribution in [0.15, 0.2) is 42.9 Å². The van der Waals surface area contributed by atoms with Crippen LogP contribution in [0.3, 0.4) is 0 Å². The molecule has 5 nitrogen and oxygen atoms in total. The summed E-state index contributed by atoms with van der Waals surface area (Å²) >= 11 is 0. The van der Waals surface area contributed by atoms with Crippen LogP contribution < -0.4 is 10.2 Å². The van der Waals surface area contributed by atoms with Crippen LogP contribution in [0.4, 0.5) is 19.0 Å². The Bertz CT molecular complexity index is 897. The third-order valence-corrected chi connectivity index (χ3v) is 4.35. The standard InChI is InChI=1S/C17H16F3N5/c18-17(19,20)14-4-2-1-3-13(14)12-9-15-16(22-11-23-25(15)10-12)24-7-5-21-6-8-24/h1-4,9-11,21H,5-8H2. The zero-order valence-corrected chi connectivity index (χ0v) is 13.3. The predicted octanol–water partition coefficient (Wildman–Crippen LogP) is 2.82. The van der Waals surface area contributed by atoms with Gasteiger partial charge in [0.15, 0.2) is 5.82 Å². The molecule has 1 N–H and O–H groups in total. The summed E-state index contributed by atoms with van der Waals surface area (Å²) in [4.78, 5) is 6.47. The number of nitrogens with zero attached hydrogens (tertiary/aromatic N) is 4. The number of hydrogen-bond donors (Lipinski definition) is 1. The van der Waals surface area contributed by atoms with Crippen LogP contribution in [0, 0.1) is 0 Å². The third kappa shape index (κ3) is 2.93. The maximum Gasteiger partial charge on any atom is 0.417 e. The molecule has 0 atom stereocenters. The second kappa shape index (κ2) is 6.03. The molecule has 1 aromatic carbocycles. The lowest BCUT2D eigenvalue weighted by Crippen LogP contribution is -2.44. The van der Waals surface area contributed by atoms with E-state index in [1.807, 2.05) is 0 Å². The fourth-order valence-electron chi connectivity index (χ4n) is 3.17. The molecular formula is C17H16F3N5. The Balaban J connectivity index is 1.83. The molecule has 25 heavy (non-hydrogen) atoms. The van der Waals surface area contributed by atoms with E-state index in [1.54, 1.807) is 22.8 Å². The number of piperazine rings is 1. The van der Waals surface area contributed by atoms with Crippen molar-refractivity contribution in [1.82, 2.24) is 19.9 Å². The largest absolute Gasteiger partial charge is 0.417 e. The molecule has 1 saturated heterocycles. The second-order valence-electron chi connectivity index (χ2n) is 5.92. The van der Waals surface area contributed by atoms with Crippen LogP contribution in [0.25, 0.3) is 16.6 Å². The van der Waals surface area contributed by atoms with Crippen LogP contribution in [-0.4, -0.2) is 40.8 Å². The summed E-state index contributed by atoms with van der Waals surface area (Å²) in [6, 6.07) is 7.31. The molecule has 0 bridgehead atoms. The van der Waals surface area contributed by atoms with E-state index >= 15 is 0 Å². The maximum atomic E-state index is 13.3. The number of anilines is 1. The van der Waals surface area contributed by atoms with Gasteiger partial charge in [-0.3, -0.25) is 0 Å². The van der Waals surface area contributed by atoms with E-state index in [-0.39, 0.29) is 5.56 Å². The predicted molar refractivity (Wildman–Crippen MR) is 88.5 cm³/mol. The van der Waals surface area contributed by atoms with Crippen molar-refractivity contribution >= 4 is 11.3 Å². The van der Waals surface area contributed by atoms with Crippen molar-refractivity contribution in [2.24, 2.45) is 0 Å². The molecular weight excluding hydrogens is 331 g/mol. The average Bonchev–Trinajstić information content (AvgIpc) is 3.06. The first kappa shape index (κ1) is 15.9. The lowest BCUT2D eigenvalue weighted by Gasteiger charge is -2.28. The number of benzene rings is 1. The second-order valence-corrected chi connectivity index (χ2v) is 5.92. The first-order valence-electron chi connectivity index (χ1n) is 8.00. The molecule has 8 heteroatoms. The van der Waals surface area contributed by atoms with Gasteiger partial charge >= 0.3 is 6.18 Å². The fraction of sp³-hybridized carbons (Fsp3) is 0.294. The quantitative estimate of drug-likeness (QED) is 0.774. The summed E-state index contributed by atoms with van der Waals surface area (Å²) in [5.74, 6) is 0.743. The molecule has 130 valence electrons. The molecule has 3 aromatic rings. The molecule has 0 unspecified atom stereocenters. The molecule has 0 spiro atoms. The minimum Gasteiger partial charge on any atom is -0.352 e. The van der Waals surface area contributed by atoms with Crippen LogP contribution >= 0.6 is 0 Å². The van der Waals surface area contributed by atoms with Crippen LogP contribution in [0.1, 0.15) is 5.56 Å². The van der Waals surface area contributed by atoms with Crippen LogP contribution in [0.5, 0.6) is 0 Å². The van der Waals surface area contributed by atoms with Gasteiger partial charge in [0.25, 0.3) is 0 Å². The molecule has 1 fully saturated rings. The van der Waals surface area contributed by atoms with Gasteiger partial charge in [-0.25, -0.2) is 9.50 Å². The van der Waals surface area contributed by atoms with E-state index in [9.17, 15) is 13.2 Å². The SMILES string of the molecule is FC(F)(F)c1ccccc1-c1cc2c(N3CCNCC3)ncnn2c1. The van der Waals surface area contributed by atoms with Gasteiger partial charge < -0.3 is 10.2 Å². The van der Waals surface area contributed by atoms with Gasteiger partial charge in [0, 0.05) is 37.9 Å². The minimum absolute atomic E-state index is 0.145. The highest BCUT2D eigenvalue weighted by Gasteiger charge is 2.33. The minimum atomic E-state index is -4.40. The van der Waals surface area contributed by atoms with Gasteiger partial charge in [-0.2, -0.15) is 18.3 Å². The number of nitrogens with one attached hydrogen (secondary N) is 1. The van der Waals surface area contributed by atoms with Gasteiger partial charge in [0.1, 0.15) is 11.8 Å². The van der Waals surface area contributed by atoms with Gasteiger partial charge in [0.05, 0.1) is 5.56 Å². The Morgan fingerprint density at radius 3 is 2.60 bits per heavy atom. The topological polar surface area (TPSA) is 45.5 Å². The molecule has 1 aliphatic rings. The molecule has 0 radical (unpaired) electrons. The first-order chi connectivity index (χ1) is 12.0. The number of fused-ring (bicyclic) bond motifs is 1. The van der Waals surface area contributed by atoms with Crippen LogP contribution in [-0.2, 0) is 6.18 Å². The molecule has 1 aliphatic heterocycles. The number of hydrogen-bond acceptors (Lipinski definition) is 4. The van der Waals surface area contributed by atoms with Gasteiger partial charge in [-0.1, -0.05) is 18.2 Å². The van der Waals surface area contributed by atoms with E-state index in [4.69, 9.17) is 0 Å². The van der Waals surface area contributed by atoms with Crippen molar-refractivity contribution in [3.05, 3.63) is 48.4 Å². The van der Waals surface area contributed by atoms with Crippen molar-refractivity contribution in [2.75, 3.05) is 31.1 Å². The molecule has 3 heterocycles. The Hall–Kier alpha value is -2.61. The van der Waals surface area contributed by atoms with E-state index in [1.165, 1.54) is 18.5 Å². The summed E-state index contributed by atoms with van der Waals surface area (Å²) in [7, 11) is 0. The summed E-state index contributed by atoms with van der Waals surface area (Å²) < 4.78 is 41.5. The van der Waals surface area contributed by atoms with Crippen molar-refractivity contribution in [2.45, 2.75) is 6.18 Å². The van der Waals surface area contributed by atoms with Gasteiger partial charge in [-0.05, 0) is 17.7 Å². The van der Waals surface area contributed by atoms with E-state index in [0.29, 0.717) is 11.1 Å². The maximum absolute atomic E-state index is 13.3. The van der Waals surface area contributed by atoms with Crippen LogP contribution in [0.2, 0.25) is 0 Å². The van der Waals surface area contributed by atoms with Gasteiger partial charge in [0.2, 0.25) is 0 Å².